The summed E-state index contributed by atoms with van der Waals surface area (Å²) < 4.78 is 10.3. The molecule has 5 aromatic rings. The van der Waals surface area contributed by atoms with Gasteiger partial charge in [-0.1, -0.05) is 41.9 Å². The van der Waals surface area contributed by atoms with Crippen LogP contribution in [0.1, 0.15) is 41.3 Å². The van der Waals surface area contributed by atoms with Crippen molar-refractivity contribution in [3.05, 3.63) is 117 Å². The first-order valence-corrected chi connectivity index (χ1v) is 14.4. The molecule has 1 unspecified atom stereocenters. The van der Waals surface area contributed by atoms with E-state index in [0.717, 1.165) is 57.3 Å². The molecule has 1 saturated carbocycles. The topological polar surface area (TPSA) is 61.1 Å². The van der Waals surface area contributed by atoms with E-state index in [1.165, 1.54) is 0 Å². The van der Waals surface area contributed by atoms with Gasteiger partial charge in [0.25, 0.3) is 5.56 Å². The highest BCUT2D eigenvalue weighted by Crippen LogP contribution is 2.43. The maximum absolute atomic E-state index is 13.5. The van der Waals surface area contributed by atoms with Crippen LogP contribution in [0.2, 0.25) is 5.02 Å². The fourth-order valence-electron chi connectivity index (χ4n) is 6.08. The van der Waals surface area contributed by atoms with Gasteiger partial charge in [0.1, 0.15) is 17.9 Å². The number of hydrogen-bond donors (Lipinski definition) is 1. The highest BCUT2D eigenvalue weighted by atomic mass is 35.5. The summed E-state index contributed by atoms with van der Waals surface area (Å²) in [6.45, 7) is 0.878. The lowest BCUT2D eigenvalue weighted by Crippen LogP contribution is -2.46. The van der Waals surface area contributed by atoms with Crippen molar-refractivity contribution in [2.75, 3.05) is 12.4 Å². The third-order valence-electron chi connectivity index (χ3n) is 8.08. The number of halogens is 2. The van der Waals surface area contributed by atoms with E-state index in [2.05, 4.69) is 40.6 Å². The second-order valence-corrected chi connectivity index (χ2v) is 11.4. The van der Waals surface area contributed by atoms with Crippen LogP contribution in [0, 0.1) is 0 Å². The molecule has 1 aliphatic heterocycles. The van der Waals surface area contributed by atoms with Crippen LogP contribution in [0.5, 0.6) is 5.75 Å². The van der Waals surface area contributed by atoms with E-state index in [9.17, 15) is 4.79 Å². The van der Waals surface area contributed by atoms with Crippen molar-refractivity contribution in [2.45, 2.75) is 31.0 Å². The summed E-state index contributed by atoms with van der Waals surface area (Å²) in [5.41, 5.74) is 5.90. The lowest BCUT2D eigenvalue weighted by atomic mass is 9.79. The molecule has 1 fully saturated rings. The summed E-state index contributed by atoms with van der Waals surface area (Å²) in [5, 5.41) is 5.33. The van der Waals surface area contributed by atoms with Crippen molar-refractivity contribution in [1.82, 2.24) is 19.4 Å². The average molecular weight is 572 g/mol. The zero-order valence-corrected chi connectivity index (χ0v) is 23.5. The summed E-state index contributed by atoms with van der Waals surface area (Å²) in [7, 11) is 1.99. The average Bonchev–Trinajstić information content (AvgIpc) is 3.71. The van der Waals surface area contributed by atoms with Crippen LogP contribution in [0.3, 0.4) is 0 Å². The number of alkyl halides is 1. The molecule has 1 N–H and O–H groups in total. The van der Waals surface area contributed by atoms with Gasteiger partial charge in [-0.3, -0.25) is 10.1 Å². The van der Waals surface area contributed by atoms with Gasteiger partial charge in [-0.2, -0.15) is 0 Å². The maximum atomic E-state index is 13.5. The van der Waals surface area contributed by atoms with Crippen LogP contribution in [0.4, 0.5) is 0 Å². The number of imidazole rings is 1. The summed E-state index contributed by atoms with van der Waals surface area (Å²) in [6, 6.07) is 22.6. The first kappa shape index (κ1) is 25.4. The van der Waals surface area contributed by atoms with Gasteiger partial charge >= 0.3 is 0 Å². The Balaban J connectivity index is 1.63. The quantitative estimate of drug-likeness (QED) is 0.248. The van der Waals surface area contributed by atoms with Gasteiger partial charge in [-0.15, -0.1) is 11.6 Å². The minimum Gasteiger partial charge on any atom is -0.487 e. The van der Waals surface area contributed by atoms with E-state index in [4.69, 9.17) is 27.9 Å². The molecule has 40 heavy (non-hydrogen) atoms. The van der Waals surface area contributed by atoms with Crippen LogP contribution in [-0.2, 0) is 19.2 Å². The Hall–Kier alpha value is -3.58. The first-order valence-electron chi connectivity index (χ1n) is 13.5. The fraction of sp³-hybridized carbons (Fsp3) is 0.250. The molecule has 0 amide bonds. The van der Waals surface area contributed by atoms with Gasteiger partial charge in [0.05, 0.1) is 28.8 Å². The smallest absolute Gasteiger partial charge is 0.251 e. The molecule has 3 heterocycles. The predicted molar refractivity (Wildman–Crippen MR) is 160 cm³/mol. The number of nitrogens with one attached hydrogen (secondary N) is 1. The van der Waals surface area contributed by atoms with E-state index in [1.54, 1.807) is 12.4 Å². The van der Waals surface area contributed by atoms with Crippen molar-refractivity contribution < 1.29 is 4.74 Å². The van der Waals surface area contributed by atoms with Gasteiger partial charge in [0.15, 0.2) is 0 Å². The Morgan fingerprint density at radius 2 is 1.90 bits per heavy atom. The highest BCUT2D eigenvalue weighted by molar-refractivity contribution is 6.32. The van der Waals surface area contributed by atoms with Crippen molar-refractivity contribution in [2.24, 2.45) is 7.05 Å². The Morgan fingerprint density at radius 3 is 2.67 bits per heavy atom. The molecule has 1 atom stereocenters. The molecule has 0 radical (unpaired) electrons. The molecular formula is C32H28Cl2N4O2. The van der Waals surface area contributed by atoms with Gasteiger partial charge in [0.2, 0.25) is 0 Å². The van der Waals surface area contributed by atoms with E-state index in [0.29, 0.717) is 29.8 Å². The second-order valence-electron chi connectivity index (χ2n) is 10.6. The largest absolute Gasteiger partial charge is 0.487 e. The lowest BCUT2D eigenvalue weighted by Gasteiger charge is -2.37. The summed E-state index contributed by atoms with van der Waals surface area (Å²) in [6.07, 6.45) is 5.73. The third-order valence-corrected chi connectivity index (χ3v) is 8.58. The van der Waals surface area contributed by atoms with Crippen molar-refractivity contribution in [1.29, 1.82) is 0 Å². The summed E-state index contributed by atoms with van der Waals surface area (Å²) >= 11 is 13.0. The molecule has 2 aliphatic rings. The molecule has 0 saturated heterocycles. The third kappa shape index (κ3) is 4.05. The standard InChI is InChI=1S/C32H28Cl2N4O2/c1-37-19-35-17-30(37)32(36-12-11-33)22-6-10-28-26(14-22)25(16-31(39)38(28)24-7-8-24)21-4-2-3-20(13-21)18-40-29-15-23(32)5-9-27(29)34/h2-6,9-10,13-17,19,24,36H,7-8,11-12,18H2,1H3. The van der Waals surface area contributed by atoms with Crippen molar-refractivity contribution in [3.8, 4) is 16.9 Å². The Bertz CT molecular complexity index is 1820. The first-order chi connectivity index (χ1) is 19.5. The molecular weight excluding hydrogens is 543 g/mol. The molecule has 8 heteroatoms. The number of hydrogen-bond acceptors (Lipinski definition) is 4. The molecule has 0 spiro atoms. The number of ether oxygens (including phenoxy) is 1. The van der Waals surface area contributed by atoms with Crippen molar-refractivity contribution >= 4 is 34.1 Å². The minimum absolute atomic E-state index is 0.0281. The van der Waals surface area contributed by atoms with Gasteiger partial charge in [-0.25, -0.2) is 4.98 Å². The lowest BCUT2D eigenvalue weighted by molar-refractivity contribution is 0.305. The Kier molecular flexibility index (Phi) is 6.22. The molecule has 202 valence electrons. The van der Waals surface area contributed by atoms with Crippen molar-refractivity contribution in [3.63, 3.8) is 0 Å². The molecule has 1 aliphatic carbocycles. The van der Waals surface area contributed by atoms with E-state index in [1.807, 2.05) is 52.7 Å². The minimum atomic E-state index is -0.832. The Morgan fingerprint density at radius 1 is 1.07 bits per heavy atom. The molecule has 7 rings (SSSR count). The molecule has 3 aromatic carbocycles. The van der Waals surface area contributed by atoms with Crippen LogP contribution in [-0.4, -0.2) is 26.5 Å². The van der Waals surface area contributed by atoms with Crippen LogP contribution < -0.4 is 15.6 Å². The maximum Gasteiger partial charge on any atom is 0.251 e. The number of nitrogens with zero attached hydrogens (tertiary/aromatic N) is 3. The zero-order valence-electron chi connectivity index (χ0n) is 22.0. The van der Waals surface area contributed by atoms with Gasteiger partial charge in [-0.05, 0) is 71.0 Å². The monoisotopic (exact) mass is 570 g/mol. The number of aromatic nitrogens is 3. The van der Waals surface area contributed by atoms with Gasteiger partial charge < -0.3 is 13.9 Å². The molecule has 6 bridgehead atoms. The second kappa shape index (κ2) is 9.81. The number of fused-ring (bicyclic) bond motifs is 6. The van der Waals surface area contributed by atoms with E-state index < -0.39 is 5.54 Å². The SMILES string of the molecule is Cn1cncc1C1(NCCCl)c2ccc(Cl)c(c2)OCc2cccc(c2)-c2cc(=O)n(C3CC3)c3ccc1cc23. The van der Waals surface area contributed by atoms with E-state index in [-0.39, 0.29) is 11.6 Å². The van der Waals surface area contributed by atoms with Gasteiger partial charge in [0, 0.05) is 37.0 Å². The highest BCUT2D eigenvalue weighted by Gasteiger charge is 2.40. The van der Waals surface area contributed by atoms with Crippen LogP contribution >= 0.6 is 23.2 Å². The normalized spacial score (nSPS) is 18.2. The van der Waals surface area contributed by atoms with E-state index >= 15 is 0 Å². The predicted octanol–water partition coefficient (Wildman–Crippen LogP) is 6.40. The van der Waals surface area contributed by atoms with Crippen LogP contribution in [0.25, 0.3) is 22.0 Å². The summed E-state index contributed by atoms with van der Waals surface area (Å²) in [4.78, 5) is 18.0. The Labute approximate surface area is 242 Å². The molecule has 2 aromatic heterocycles. The van der Waals surface area contributed by atoms with Crippen LogP contribution in [0.15, 0.2) is 84.0 Å². The number of aryl methyl sites for hydroxylation is 1. The molecule has 6 nitrogen and oxygen atoms in total. The number of benzene rings is 3. The fourth-order valence-corrected chi connectivity index (χ4v) is 6.35. The number of pyridine rings is 1. The summed E-state index contributed by atoms with van der Waals surface area (Å²) in [5.74, 6) is 1.01. The zero-order chi connectivity index (χ0) is 27.4. The number of rotatable bonds is 5.